The Morgan fingerprint density at radius 3 is 2.39 bits per heavy atom. The van der Waals surface area contributed by atoms with Gasteiger partial charge in [-0.05, 0) is 43.7 Å². The molecule has 2 heterocycles. The Balaban J connectivity index is 1.55. The summed E-state index contributed by atoms with van der Waals surface area (Å²) in [5.74, 6) is 0.806. The Morgan fingerprint density at radius 2 is 1.77 bits per heavy atom. The van der Waals surface area contributed by atoms with E-state index in [1.165, 1.54) is 6.26 Å². The molecule has 0 radical (unpaired) electrons. The fourth-order valence-electron chi connectivity index (χ4n) is 3.20. The number of furan rings is 1. The third-order valence-corrected chi connectivity index (χ3v) is 4.81. The number of carbonyl (C=O) groups excluding carboxylic acids is 2. The number of ether oxygens (including phenoxy) is 1. The number of anilines is 1. The molecule has 0 aliphatic carbocycles. The van der Waals surface area contributed by atoms with E-state index < -0.39 is 0 Å². The molecule has 0 saturated carbocycles. The molecule has 1 fully saturated rings. The molecule has 9 heteroatoms. The van der Waals surface area contributed by atoms with E-state index in [4.69, 9.17) is 14.1 Å². The first kappa shape index (κ1) is 22.2. The number of carbonyl (C=O) groups is 2. The molecule has 1 saturated heterocycles. The first-order chi connectivity index (χ1) is 15.1. The fourth-order valence-corrected chi connectivity index (χ4v) is 3.20. The normalized spacial score (nSPS) is 14.3. The van der Waals surface area contributed by atoms with Crippen LogP contribution in [0, 0.1) is 0 Å². The Labute approximate surface area is 182 Å². The lowest BCUT2D eigenvalue weighted by atomic mass is 10.2. The van der Waals surface area contributed by atoms with E-state index in [1.807, 2.05) is 38.1 Å². The standard InChI is InChI=1S/C22H29N5O4/c1-3-23-21(26-11-13-27(14-12-26)22(29)30-4-2)24-16-17-7-9-18(10-8-17)25-20(28)19-6-5-15-31-19/h5-10,15H,3-4,11-14,16H2,1-2H3,(H,23,24)(H,25,28). The van der Waals surface area contributed by atoms with Gasteiger partial charge in [-0.1, -0.05) is 12.1 Å². The number of benzene rings is 1. The Hall–Kier alpha value is -3.49. The number of amides is 2. The number of rotatable bonds is 6. The first-order valence-corrected chi connectivity index (χ1v) is 10.5. The number of nitrogens with one attached hydrogen (secondary N) is 2. The van der Waals surface area contributed by atoms with Crippen molar-refractivity contribution >= 4 is 23.6 Å². The minimum Gasteiger partial charge on any atom is -0.459 e. The summed E-state index contributed by atoms with van der Waals surface area (Å²) in [6.45, 7) is 8.09. The van der Waals surface area contributed by atoms with Crippen molar-refractivity contribution in [2.24, 2.45) is 4.99 Å². The van der Waals surface area contributed by atoms with Crippen molar-refractivity contribution in [3.8, 4) is 0 Å². The summed E-state index contributed by atoms with van der Waals surface area (Å²) in [6.07, 6.45) is 1.21. The van der Waals surface area contributed by atoms with Crippen LogP contribution in [-0.4, -0.2) is 67.1 Å². The molecular formula is C22H29N5O4. The third kappa shape index (κ3) is 6.24. The van der Waals surface area contributed by atoms with E-state index in [-0.39, 0.29) is 17.8 Å². The Bertz CT molecular complexity index is 872. The molecule has 1 aliphatic heterocycles. The number of nitrogens with zero attached hydrogens (tertiary/aromatic N) is 3. The van der Waals surface area contributed by atoms with Gasteiger partial charge < -0.3 is 29.6 Å². The van der Waals surface area contributed by atoms with E-state index >= 15 is 0 Å². The van der Waals surface area contributed by atoms with Crippen LogP contribution in [0.25, 0.3) is 0 Å². The van der Waals surface area contributed by atoms with Crippen LogP contribution in [0.4, 0.5) is 10.5 Å². The second kappa shape index (κ2) is 11.1. The summed E-state index contributed by atoms with van der Waals surface area (Å²) in [5.41, 5.74) is 1.72. The molecule has 0 bridgehead atoms. The van der Waals surface area contributed by atoms with Crippen molar-refractivity contribution in [3.63, 3.8) is 0 Å². The lowest BCUT2D eigenvalue weighted by Crippen LogP contribution is -2.53. The summed E-state index contributed by atoms with van der Waals surface area (Å²) >= 11 is 0. The van der Waals surface area contributed by atoms with Crippen LogP contribution in [-0.2, 0) is 11.3 Å². The van der Waals surface area contributed by atoms with Crippen molar-refractivity contribution in [1.82, 2.24) is 15.1 Å². The van der Waals surface area contributed by atoms with Crippen molar-refractivity contribution in [2.45, 2.75) is 20.4 Å². The topological polar surface area (TPSA) is 99.4 Å². The zero-order chi connectivity index (χ0) is 22.1. The Morgan fingerprint density at radius 1 is 1.06 bits per heavy atom. The summed E-state index contributed by atoms with van der Waals surface area (Å²) in [4.78, 5) is 32.5. The van der Waals surface area contributed by atoms with Gasteiger partial charge in [-0.15, -0.1) is 0 Å². The maximum Gasteiger partial charge on any atom is 0.409 e. The number of hydrogen-bond donors (Lipinski definition) is 2. The van der Waals surface area contributed by atoms with Crippen LogP contribution in [0.15, 0.2) is 52.1 Å². The van der Waals surface area contributed by atoms with Gasteiger partial charge in [0.15, 0.2) is 11.7 Å². The highest BCUT2D eigenvalue weighted by Gasteiger charge is 2.23. The number of aliphatic imine (C=N–C) groups is 1. The van der Waals surface area contributed by atoms with Gasteiger partial charge in [0.05, 0.1) is 19.4 Å². The zero-order valence-corrected chi connectivity index (χ0v) is 18.0. The highest BCUT2D eigenvalue weighted by Crippen LogP contribution is 2.13. The molecule has 1 aromatic carbocycles. The molecule has 2 aromatic rings. The Kier molecular flexibility index (Phi) is 7.91. The van der Waals surface area contributed by atoms with Crippen LogP contribution in [0.5, 0.6) is 0 Å². The molecule has 0 unspecified atom stereocenters. The molecule has 166 valence electrons. The minimum atomic E-state index is -0.285. The summed E-state index contributed by atoms with van der Waals surface area (Å²) in [7, 11) is 0. The van der Waals surface area contributed by atoms with E-state index in [1.54, 1.807) is 17.0 Å². The van der Waals surface area contributed by atoms with Gasteiger partial charge in [0, 0.05) is 38.4 Å². The molecule has 1 aromatic heterocycles. The fraction of sp³-hybridized carbons (Fsp3) is 0.409. The maximum atomic E-state index is 12.1. The first-order valence-electron chi connectivity index (χ1n) is 10.5. The number of piperazine rings is 1. The summed E-state index contributed by atoms with van der Waals surface area (Å²) in [5, 5.41) is 6.12. The van der Waals surface area contributed by atoms with Gasteiger partial charge >= 0.3 is 6.09 Å². The lowest BCUT2D eigenvalue weighted by molar-refractivity contribution is 0.0914. The molecule has 1 aliphatic rings. The highest BCUT2D eigenvalue weighted by atomic mass is 16.6. The van der Waals surface area contributed by atoms with Crippen LogP contribution < -0.4 is 10.6 Å². The molecular weight excluding hydrogens is 398 g/mol. The molecule has 2 amide bonds. The number of guanidine groups is 1. The van der Waals surface area contributed by atoms with Crippen LogP contribution in [0.2, 0.25) is 0 Å². The van der Waals surface area contributed by atoms with Gasteiger partial charge in [-0.25, -0.2) is 9.79 Å². The molecule has 0 atom stereocenters. The van der Waals surface area contributed by atoms with E-state index in [2.05, 4.69) is 15.5 Å². The second-order valence-corrected chi connectivity index (χ2v) is 6.97. The van der Waals surface area contributed by atoms with E-state index in [9.17, 15) is 9.59 Å². The van der Waals surface area contributed by atoms with Crippen molar-refractivity contribution in [2.75, 3.05) is 44.6 Å². The van der Waals surface area contributed by atoms with Crippen LogP contribution in [0.3, 0.4) is 0 Å². The smallest absolute Gasteiger partial charge is 0.409 e. The van der Waals surface area contributed by atoms with Crippen LogP contribution >= 0.6 is 0 Å². The van der Waals surface area contributed by atoms with E-state index in [0.717, 1.165) is 18.1 Å². The number of hydrogen-bond acceptors (Lipinski definition) is 5. The lowest BCUT2D eigenvalue weighted by Gasteiger charge is -2.35. The van der Waals surface area contributed by atoms with E-state index in [0.29, 0.717) is 45.0 Å². The maximum absolute atomic E-state index is 12.1. The average molecular weight is 428 g/mol. The van der Waals surface area contributed by atoms with Crippen molar-refractivity contribution in [1.29, 1.82) is 0 Å². The van der Waals surface area contributed by atoms with Crippen molar-refractivity contribution < 1.29 is 18.7 Å². The van der Waals surface area contributed by atoms with Crippen molar-refractivity contribution in [3.05, 3.63) is 54.0 Å². The predicted octanol–water partition coefficient (Wildman–Crippen LogP) is 2.77. The molecule has 9 nitrogen and oxygen atoms in total. The largest absolute Gasteiger partial charge is 0.459 e. The van der Waals surface area contributed by atoms with Gasteiger partial charge in [0.2, 0.25) is 0 Å². The average Bonchev–Trinajstić information content (AvgIpc) is 3.33. The molecule has 31 heavy (non-hydrogen) atoms. The second-order valence-electron chi connectivity index (χ2n) is 6.97. The summed E-state index contributed by atoms with van der Waals surface area (Å²) in [6, 6.07) is 10.8. The molecule has 2 N–H and O–H groups in total. The van der Waals surface area contributed by atoms with Gasteiger partial charge in [0.25, 0.3) is 5.91 Å². The zero-order valence-electron chi connectivity index (χ0n) is 18.0. The van der Waals surface area contributed by atoms with Gasteiger partial charge in [0.1, 0.15) is 0 Å². The highest BCUT2D eigenvalue weighted by molar-refractivity contribution is 6.02. The minimum absolute atomic E-state index is 0.261. The predicted molar refractivity (Wildman–Crippen MR) is 118 cm³/mol. The van der Waals surface area contributed by atoms with Crippen LogP contribution in [0.1, 0.15) is 30.0 Å². The monoisotopic (exact) mass is 427 g/mol. The summed E-state index contributed by atoms with van der Waals surface area (Å²) < 4.78 is 10.2. The molecule has 0 spiro atoms. The third-order valence-electron chi connectivity index (χ3n) is 4.81. The van der Waals surface area contributed by atoms with Gasteiger partial charge in [-0.2, -0.15) is 0 Å². The van der Waals surface area contributed by atoms with Gasteiger partial charge in [-0.3, -0.25) is 4.79 Å². The SMILES string of the molecule is CCNC(=NCc1ccc(NC(=O)c2ccco2)cc1)N1CCN(C(=O)OCC)CC1. The quantitative estimate of drug-likeness (QED) is 0.543. The molecule has 3 rings (SSSR count).